The summed E-state index contributed by atoms with van der Waals surface area (Å²) in [5.74, 6) is 0.0313. The highest BCUT2D eigenvalue weighted by atomic mass is 19.1. The maximum absolute atomic E-state index is 14.6. The van der Waals surface area contributed by atoms with Gasteiger partial charge in [0.2, 0.25) is 11.8 Å². The van der Waals surface area contributed by atoms with Crippen molar-refractivity contribution in [1.29, 1.82) is 0 Å². The summed E-state index contributed by atoms with van der Waals surface area (Å²) in [5.41, 5.74) is 4.81. The van der Waals surface area contributed by atoms with Crippen LogP contribution in [0.4, 0.5) is 4.39 Å². The summed E-state index contributed by atoms with van der Waals surface area (Å²) in [7, 11) is 1.56. The van der Waals surface area contributed by atoms with Gasteiger partial charge in [0, 0.05) is 48.4 Å². The van der Waals surface area contributed by atoms with Crippen LogP contribution in [0.3, 0.4) is 0 Å². The van der Waals surface area contributed by atoms with Gasteiger partial charge in [0.25, 0.3) is 0 Å². The summed E-state index contributed by atoms with van der Waals surface area (Å²) in [6.07, 6.45) is 7.56. The molecule has 1 N–H and O–H groups in total. The number of nitrogens with one attached hydrogen (secondary N) is 1. The molecule has 0 aliphatic rings. The van der Waals surface area contributed by atoms with Crippen LogP contribution in [0.25, 0.3) is 11.0 Å². The first-order chi connectivity index (χ1) is 13.1. The van der Waals surface area contributed by atoms with E-state index in [-0.39, 0.29) is 0 Å². The van der Waals surface area contributed by atoms with E-state index >= 15 is 0 Å². The SMILES string of the molecule is COc1cc([CH]c2ccc(Cc3c[nH]c4ncc(C)cc34)c(F)n2)ccn1. The van der Waals surface area contributed by atoms with E-state index < -0.39 is 5.95 Å². The summed E-state index contributed by atoms with van der Waals surface area (Å²) < 4.78 is 19.7. The Morgan fingerprint density at radius 2 is 2.04 bits per heavy atom. The Morgan fingerprint density at radius 3 is 2.85 bits per heavy atom. The lowest BCUT2D eigenvalue weighted by Gasteiger charge is -2.06. The summed E-state index contributed by atoms with van der Waals surface area (Å²) in [4.78, 5) is 15.6. The molecule has 5 nitrogen and oxygen atoms in total. The fraction of sp³-hybridized carbons (Fsp3) is 0.143. The van der Waals surface area contributed by atoms with Gasteiger partial charge >= 0.3 is 0 Å². The second-order valence-corrected chi connectivity index (χ2v) is 6.36. The van der Waals surface area contributed by atoms with Crippen molar-refractivity contribution in [2.24, 2.45) is 0 Å². The molecule has 4 heterocycles. The molecule has 0 atom stereocenters. The van der Waals surface area contributed by atoms with Gasteiger partial charge in [-0.15, -0.1) is 0 Å². The van der Waals surface area contributed by atoms with Crippen molar-refractivity contribution >= 4 is 11.0 Å². The second-order valence-electron chi connectivity index (χ2n) is 6.36. The van der Waals surface area contributed by atoms with Crippen molar-refractivity contribution in [3.63, 3.8) is 0 Å². The minimum atomic E-state index is -0.472. The zero-order valence-electron chi connectivity index (χ0n) is 15.0. The van der Waals surface area contributed by atoms with E-state index in [1.807, 2.05) is 31.5 Å². The molecule has 1 radical (unpaired) electrons. The molecule has 0 aliphatic heterocycles. The molecule has 135 valence electrons. The Morgan fingerprint density at radius 1 is 1.15 bits per heavy atom. The number of fused-ring (bicyclic) bond motifs is 1. The number of hydrogen-bond donors (Lipinski definition) is 1. The predicted molar refractivity (Wildman–Crippen MR) is 101 cm³/mol. The van der Waals surface area contributed by atoms with Crippen LogP contribution in [0.15, 0.2) is 48.9 Å². The first-order valence-corrected chi connectivity index (χ1v) is 8.55. The Bertz CT molecular complexity index is 1110. The predicted octanol–water partition coefficient (Wildman–Crippen LogP) is 4.00. The maximum atomic E-state index is 14.6. The van der Waals surface area contributed by atoms with E-state index in [0.29, 0.717) is 23.6 Å². The molecule has 4 rings (SSSR count). The lowest BCUT2D eigenvalue weighted by atomic mass is 10.0. The van der Waals surface area contributed by atoms with Gasteiger partial charge in [0.05, 0.1) is 12.8 Å². The molecule has 0 bridgehead atoms. The number of pyridine rings is 3. The van der Waals surface area contributed by atoms with E-state index in [1.54, 1.807) is 31.9 Å². The number of rotatable bonds is 5. The van der Waals surface area contributed by atoms with Crippen molar-refractivity contribution in [2.45, 2.75) is 13.3 Å². The van der Waals surface area contributed by atoms with Crippen molar-refractivity contribution in [2.75, 3.05) is 7.11 Å². The molecule has 27 heavy (non-hydrogen) atoms. The number of halogens is 1. The standard InChI is InChI=1S/C21H18FN4O/c1-13-7-18-16(12-25-21(18)24-11-13)10-15-3-4-17(26-20(15)22)8-14-5-6-23-19(9-14)27-2/h3-9,11-12H,10H2,1-2H3,(H,24,25). The molecule has 4 aromatic rings. The molecule has 0 fully saturated rings. The van der Waals surface area contributed by atoms with Gasteiger partial charge in [-0.25, -0.2) is 15.0 Å². The fourth-order valence-corrected chi connectivity index (χ4v) is 3.00. The van der Waals surface area contributed by atoms with Crippen LogP contribution in [0, 0.1) is 19.3 Å². The quantitative estimate of drug-likeness (QED) is 0.546. The average molecular weight is 361 g/mol. The zero-order chi connectivity index (χ0) is 18.8. The van der Waals surface area contributed by atoms with Gasteiger partial charge in [-0.3, -0.25) is 0 Å². The largest absolute Gasteiger partial charge is 0.481 e. The Balaban J connectivity index is 1.57. The molecule has 0 amide bonds. The van der Waals surface area contributed by atoms with E-state index in [0.717, 1.165) is 27.7 Å². The first kappa shape index (κ1) is 17.1. The van der Waals surface area contributed by atoms with Gasteiger partial charge in [0.15, 0.2) is 0 Å². The van der Waals surface area contributed by atoms with Crippen LogP contribution >= 0.6 is 0 Å². The van der Waals surface area contributed by atoms with Gasteiger partial charge in [-0.1, -0.05) is 6.07 Å². The summed E-state index contributed by atoms with van der Waals surface area (Å²) in [5, 5.41) is 1.01. The highest BCUT2D eigenvalue weighted by molar-refractivity contribution is 5.80. The number of aryl methyl sites for hydroxylation is 1. The topological polar surface area (TPSA) is 63.7 Å². The first-order valence-electron chi connectivity index (χ1n) is 8.55. The molecule has 0 unspecified atom stereocenters. The summed E-state index contributed by atoms with van der Waals surface area (Å²) in [6, 6.07) is 9.23. The van der Waals surface area contributed by atoms with Gasteiger partial charge in [-0.2, -0.15) is 4.39 Å². The third kappa shape index (κ3) is 3.65. The van der Waals surface area contributed by atoms with Crippen LogP contribution in [0.1, 0.15) is 27.9 Å². The normalized spacial score (nSPS) is 11.1. The molecule has 4 aromatic heterocycles. The van der Waals surface area contributed by atoms with Gasteiger partial charge in [0.1, 0.15) is 5.65 Å². The van der Waals surface area contributed by atoms with Crippen LogP contribution in [-0.2, 0) is 6.42 Å². The van der Waals surface area contributed by atoms with Gasteiger partial charge < -0.3 is 9.72 Å². The highest BCUT2D eigenvalue weighted by Gasteiger charge is 2.11. The van der Waals surface area contributed by atoms with Crippen LogP contribution in [0.2, 0.25) is 0 Å². The van der Waals surface area contributed by atoms with Crippen LogP contribution in [0.5, 0.6) is 5.88 Å². The summed E-state index contributed by atoms with van der Waals surface area (Å²) in [6.45, 7) is 1.99. The number of H-pyrrole nitrogens is 1. The molecule has 0 aromatic carbocycles. The monoisotopic (exact) mass is 361 g/mol. The zero-order valence-corrected chi connectivity index (χ0v) is 15.0. The van der Waals surface area contributed by atoms with E-state index in [1.165, 1.54) is 0 Å². The molecule has 0 saturated heterocycles. The average Bonchev–Trinajstić information content (AvgIpc) is 3.06. The third-order valence-corrected chi connectivity index (χ3v) is 4.36. The molecule has 0 aliphatic carbocycles. The number of aromatic nitrogens is 4. The maximum Gasteiger partial charge on any atom is 0.216 e. The Kier molecular flexibility index (Phi) is 4.54. The minimum Gasteiger partial charge on any atom is -0.481 e. The van der Waals surface area contributed by atoms with Crippen molar-refractivity contribution in [3.8, 4) is 5.88 Å². The number of nitrogens with zero attached hydrogens (tertiary/aromatic N) is 3. The van der Waals surface area contributed by atoms with Crippen molar-refractivity contribution < 1.29 is 9.13 Å². The number of aromatic amines is 1. The van der Waals surface area contributed by atoms with E-state index in [2.05, 4.69) is 26.0 Å². The Hall–Kier alpha value is -3.28. The Labute approximate surface area is 156 Å². The lowest BCUT2D eigenvalue weighted by Crippen LogP contribution is -1.99. The van der Waals surface area contributed by atoms with E-state index in [9.17, 15) is 4.39 Å². The number of ether oxygens (including phenoxy) is 1. The third-order valence-electron chi connectivity index (χ3n) is 4.36. The van der Waals surface area contributed by atoms with Crippen LogP contribution < -0.4 is 4.74 Å². The molecular formula is C21H18FN4O. The number of methoxy groups -OCH3 is 1. The fourth-order valence-electron chi connectivity index (χ4n) is 3.00. The molecule has 6 heteroatoms. The molecule has 0 saturated carbocycles. The highest BCUT2D eigenvalue weighted by Crippen LogP contribution is 2.22. The van der Waals surface area contributed by atoms with Gasteiger partial charge in [-0.05, 0) is 41.8 Å². The smallest absolute Gasteiger partial charge is 0.216 e. The second kappa shape index (κ2) is 7.15. The molecule has 0 spiro atoms. The number of hydrogen-bond acceptors (Lipinski definition) is 4. The minimum absolute atomic E-state index is 0.452. The van der Waals surface area contributed by atoms with E-state index in [4.69, 9.17) is 4.74 Å². The lowest BCUT2D eigenvalue weighted by molar-refractivity contribution is 0.397. The van der Waals surface area contributed by atoms with Crippen molar-refractivity contribution in [1.82, 2.24) is 19.9 Å². The van der Waals surface area contributed by atoms with Crippen molar-refractivity contribution in [3.05, 3.63) is 89.2 Å². The summed E-state index contributed by atoms with van der Waals surface area (Å²) >= 11 is 0. The van der Waals surface area contributed by atoms with Crippen LogP contribution in [-0.4, -0.2) is 27.0 Å². The molecular weight excluding hydrogens is 343 g/mol.